The molecule has 18 heavy (non-hydrogen) atoms. The summed E-state index contributed by atoms with van der Waals surface area (Å²) >= 11 is 0. The molecule has 0 radical (unpaired) electrons. The van der Waals surface area contributed by atoms with Crippen LogP contribution in [0.25, 0.3) is 0 Å². The van der Waals surface area contributed by atoms with Gasteiger partial charge in [0.05, 0.1) is 6.10 Å². The van der Waals surface area contributed by atoms with Gasteiger partial charge in [-0.15, -0.1) is 0 Å². The van der Waals surface area contributed by atoms with Gasteiger partial charge in [0, 0.05) is 43.1 Å². The zero-order chi connectivity index (χ0) is 13.7. The molecule has 1 rings (SSSR count). The molecule has 0 spiro atoms. The average Bonchev–Trinajstić information content (AvgIpc) is 2.27. The van der Waals surface area contributed by atoms with E-state index >= 15 is 0 Å². The Morgan fingerprint density at radius 3 is 2.11 bits per heavy atom. The van der Waals surface area contributed by atoms with Crippen molar-refractivity contribution in [2.45, 2.75) is 59.7 Å². The second-order valence-corrected chi connectivity index (χ2v) is 5.08. The van der Waals surface area contributed by atoms with E-state index in [1.54, 1.807) is 7.11 Å². The predicted octanol–water partition coefficient (Wildman–Crippen LogP) is 2.17. The second kappa shape index (κ2) is 6.81. The molecule has 0 aromatic carbocycles. The molecule has 0 aliphatic heterocycles. The largest absolute Gasteiger partial charge is 0.381 e. The van der Waals surface area contributed by atoms with E-state index in [0.717, 1.165) is 30.2 Å². The molecule has 1 aromatic heterocycles. The maximum atomic E-state index is 5.25. The molecule has 0 amide bonds. The monoisotopic (exact) mass is 251 g/mol. The number of rotatable bonds is 6. The smallest absolute Gasteiger partial charge is 0.131 e. The van der Waals surface area contributed by atoms with E-state index in [9.17, 15) is 0 Å². The zero-order valence-corrected chi connectivity index (χ0v) is 12.4. The highest BCUT2D eigenvalue weighted by molar-refractivity contribution is 5.24. The van der Waals surface area contributed by atoms with Crippen LogP contribution in [0.15, 0.2) is 0 Å². The van der Waals surface area contributed by atoms with Crippen LogP contribution in [-0.2, 0) is 17.7 Å². The number of aryl methyl sites for hydroxylation is 2. The average molecular weight is 251 g/mol. The maximum Gasteiger partial charge on any atom is 0.131 e. The van der Waals surface area contributed by atoms with Gasteiger partial charge in [-0.25, -0.2) is 9.97 Å². The van der Waals surface area contributed by atoms with Gasteiger partial charge >= 0.3 is 0 Å². The third-order valence-electron chi connectivity index (χ3n) is 3.03. The summed E-state index contributed by atoms with van der Waals surface area (Å²) in [5, 5.41) is 3.41. The predicted molar refractivity (Wildman–Crippen MR) is 73.7 cm³/mol. The minimum absolute atomic E-state index is 0.156. The molecule has 1 aromatic rings. The van der Waals surface area contributed by atoms with Gasteiger partial charge in [-0.1, -0.05) is 13.8 Å². The van der Waals surface area contributed by atoms with E-state index < -0.39 is 0 Å². The van der Waals surface area contributed by atoms with Crippen molar-refractivity contribution in [3.05, 3.63) is 22.8 Å². The number of ether oxygens (including phenoxy) is 1. The molecule has 0 saturated heterocycles. The summed E-state index contributed by atoms with van der Waals surface area (Å²) in [6.07, 6.45) is 0.916. The fraction of sp³-hybridized carbons (Fsp3) is 0.714. The highest BCUT2D eigenvalue weighted by Crippen LogP contribution is 2.11. The van der Waals surface area contributed by atoms with Gasteiger partial charge in [0.2, 0.25) is 0 Å². The lowest BCUT2D eigenvalue weighted by atomic mass is 10.1. The third kappa shape index (κ3) is 4.35. The van der Waals surface area contributed by atoms with E-state index in [1.807, 2.05) is 20.8 Å². The molecule has 4 heteroatoms. The molecule has 0 saturated carbocycles. The van der Waals surface area contributed by atoms with E-state index in [1.165, 1.54) is 5.56 Å². The number of nitrogens with one attached hydrogen (secondary N) is 1. The van der Waals surface area contributed by atoms with Crippen molar-refractivity contribution in [2.75, 3.05) is 7.11 Å². The summed E-state index contributed by atoms with van der Waals surface area (Å²) in [7, 11) is 1.71. The fourth-order valence-corrected chi connectivity index (χ4v) is 1.80. The first kappa shape index (κ1) is 15.1. The second-order valence-electron chi connectivity index (χ2n) is 5.08. The quantitative estimate of drug-likeness (QED) is 0.841. The molecule has 1 heterocycles. The summed E-state index contributed by atoms with van der Waals surface area (Å²) < 4.78 is 5.25. The molecule has 0 bridgehead atoms. The van der Waals surface area contributed by atoms with Gasteiger partial charge in [-0.2, -0.15) is 0 Å². The van der Waals surface area contributed by atoms with E-state index in [0.29, 0.717) is 6.04 Å². The van der Waals surface area contributed by atoms with Crippen LogP contribution in [0.5, 0.6) is 0 Å². The van der Waals surface area contributed by atoms with Gasteiger partial charge in [-0.05, 0) is 20.8 Å². The first-order valence-electron chi connectivity index (χ1n) is 6.53. The highest BCUT2D eigenvalue weighted by atomic mass is 16.5. The summed E-state index contributed by atoms with van der Waals surface area (Å²) in [5.74, 6) is 0.868. The van der Waals surface area contributed by atoms with Gasteiger partial charge in [0.25, 0.3) is 0 Å². The van der Waals surface area contributed by atoms with Gasteiger partial charge in [-0.3, -0.25) is 0 Å². The fourth-order valence-electron chi connectivity index (χ4n) is 1.80. The summed E-state index contributed by atoms with van der Waals surface area (Å²) in [5.41, 5.74) is 3.33. The Morgan fingerprint density at radius 2 is 1.67 bits per heavy atom. The Morgan fingerprint density at radius 1 is 1.11 bits per heavy atom. The molecular weight excluding hydrogens is 226 g/mol. The minimum Gasteiger partial charge on any atom is -0.381 e. The van der Waals surface area contributed by atoms with Crippen molar-refractivity contribution in [2.24, 2.45) is 0 Å². The molecule has 1 unspecified atom stereocenters. The van der Waals surface area contributed by atoms with Crippen molar-refractivity contribution in [3.8, 4) is 0 Å². The van der Waals surface area contributed by atoms with Gasteiger partial charge in [0.15, 0.2) is 0 Å². The zero-order valence-electron chi connectivity index (χ0n) is 12.4. The van der Waals surface area contributed by atoms with E-state index in [-0.39, 0.29) is 6.10 Å². The van der Waals surface area contributed by atoms with Gasteiger partial charge in [0.1, 0.15) is 5.82 Å². The topological polar surface area (TPSA) is 47.0 Å². The summed E-state index contributed by atoms with van der Waals surface area (Å²) in [6.45, 7) is 11.2. The maximum absolute atomic E-state index is 5.25. The van der Waals surface area contributed by atoms with Crippen molar-refractivity contribution in [1.82, 2.24) is 15.3 Å². The molecule has 0 aliphatic rings. The molecule has 0 fully saturated rings. The van der Waals surface area contributed by atoms with Crippen LogP contribution in [0, 0.1) is 13.8 Å². The van der Waals surface area contributed by atoms with E-state index in [2.05, 4.69) is 29.1 Å². The Labute approximate surface area is 110 Å². The molecule has 4 nitrogen and oxygen atoms in total. The number of hydrogen-bond acceptors (Lipinski definition) is 4. The Balaban J connectivity index is 2.83. The normalized spacial score (nSPS) is 13.1. The Bertz CT molecular complexity index is 368. The van der Waals surface area contributed by atoms with Gasteiger partial charge < -0.3 is 10.1 Å². The van der Waals surface area contributed by atoms with Crippen molar-refractivity contribution in [1.29, 1.82) is 0 Å². The van der Waals surface area contributed by atoms with Crippen LogP contribution in [0.1, 0.15) is 43.5 Å². The number of aromatic nitrogens is 2. The lowest BCUT2D eigenvalue weighted by molar-refractivity contribution is 0.117. The lowest BCUT2D eigenvalue weighted by Gasteiger charge is -2.14. The summed E-state index contributed by atoms with van der Waals surface area (Å²) in [4.78, 5) is 9.14. The SMILES string of the molecule is COC(C)Cc1nc(C)c(CNC(C)C)c(C)n1. The van der Waals surface area contributed by atoms with E-state index in [4.69, 9.17) is 4.74 Å². The van der Waals surface area contributed by atoms with Crippen LogP contribution in [-0.4, -0.2) is 29.2 Å². The molecule has 102 valence electrons. The molecular formula is C14H25N3O. The number of methoxy groups -OCH3 is 1. The number of hydrogen-bond donors (Lipinski definition) is 1. The molecule has 1 N–H and O–H groups in total. The Hall–Kier alpha value is -1.00. The molecule has 0 aliphatic carbocycles. The third-order valence-corrected chi connectivity index (χ3v) is 3.03. The minimum atomic E-state index is 0.156. The first-order chi connectivity index (χ1) is 8.43. The van der Waals surface area contributed by atoms with Crippen molar-refractivity contribution >= 4 is 0 Å². The van der Waals surface area contributed by atoms with Crippen LogP contribution < -0.4 is 5.32 Å². The van der Waals surface area contributed by atoms with Crippen molar-refractivity contribution < 1.29 is 4.74 Å². The standard InChI is InChI=1S/C14H25N3O/c1-9(2)15-8-13-11(4)16-14(17-12(13)5)7-10(3)18-6/h9-10,15H,7-8H2,1-6H3. The summed E-state index contributed by atoms with van der Waals surface area (Å²) in [6, 6.07) is 0.469. The first-order valence-corrected chi connectivity index (χ1v) is 6.53. The van der Waals surface area contributed by atoms with Crippen LogP contribution in [0.4, 0.5) is 0 Å². The molecule has 1 atom stereocenters. The number of nitrogens with zero attached hydrogens (tertiary/aromatic N) is 2. The lowest BCUT2D eigenvalue weighted by Crippen LogP contribution is -2.24. The Kier molecular flexibility index (Phi) is 5.69. The van der Waals surface area contributed by atoms with Crippen molar-refractivity contribution in [3.63, 3.8) is 0 Å². The van der Waals surface area contributed by atoms with Crippen LogP contribution in [0.3, 0.4) is 0 Å². The highest BCUT2D eigenvalue weighted by Gasteiger charge is 2.11. The van der Waals surface area contributed by atoms with Crippen LogP contribution >= 0.6 is 0 Å². The van der Waals surface area contributed by atoms with Crippen LogP contribution in [0.2, 0.25) is 0 Å².